The fourth-order valence-electron chi connectivity index (χ4n) is 1.39. The highest BCUT2D eigenvalue weighted by molar-refractivity contribution is 6.30. The molecule has 18 heavy (non-hydrogen) atoms. The molecule has 2 rings (SSSR count). The molecule has 0 fully saturated rings. The van der Waals surface area contributed by atoms with E-state index in [0.29, 0.717) is 22.0 Å². The minimum absolute atomic E-state index is 0.140. The Morgan fingerprint density at radius 2 is 1.94 bits per heavy atom. The maximum atomic E-state index is 11.9. The van der Waals surface area contributed by atoms with Crippen LogP contribution in [0.25, 0.3) is 0 Å². The standard InChI is InChI=1S/C13H11ClN2O2/c14-10-2-5-11(6-3-10)16-13(18)9-1-4-12(8-17)15-7-9/h1-7,17H,8H2,(H,16,18). The van der Waals surface area contributed by atoms with Gasteiger partial charge in [0.1, 0.15) is 0 Å². The Labute approximate surface area is 109 Å². The van der Waals surface area contributed by atoms with E-state index in [1.54, 1.807) is 36.4 Å². The van der Waals surface area contributed by atoms with Crippen LogP contribution in [0.4, 0.5) is 5.69 Å². The lowest BCUT2D eigenvalue weighted by Crippen LogP contribution is -2.12. The molecule has 0 saturated carbocycles. The maximum Gasteiger partial charge on any atom is 0.257 e. The normalized spacial score (nSPS) is 10.1. The van der Waals surface area contributed by atoms with Crippen molar-refractivity contribution in [1.82, 2.24) is 4.98 Å². The number of amides is 1. The van der Waals surface area contributed by atoms with Crippen LogP contribution in [0.2, 0.25) is 5.02 Å². The second-order valence-electron chi connectivity index (χ2n) is 3.66. The first kappa shape index (κ1) is 12.5. The number of pyridine rings is 1. The van der Waals surface area contributed by atoms with Crippen LogP contribution in [0.15, 0.2) is 42.6 Å². The van der Waals surface area contributed by atoms with Gasteiger partial charge in [-0.2, -0.15) is 0 Å². The molecule has 4 nitrogen and oxygen atoms in total. The first-order chi connectivity index (χ1) is 8.69. The number of aliphatic hydroxyl groups is 1. The third kappa shape index (κ3) is 3.06. The molecule has 0 aliphatic rings. The Kier molecular flexibility index (Phi) is 3.92. The van der Waals surface area contributed by atoms with E-state index in [1.165, 1.54) is 6.20 Å². The van der Waals surface area contributed by atoms with E-state index in [-0.39, 0.29) is 12.5 Å². The predicted molar refractivity (Wildman–Crippen MR) is 69.6 cm³/mol. The van der Waals surface area contributed by atoms with Gasteiger partial charge >= 0.3 is 0 Å². The van der Waals surface area contributed by atoms with Crippen LogP contribution in [-0.2, 0) is 6.61 Å². The third-order valence-corrected chi connectivity index (χ3v) is 2.60. The Bertz CT molecular complexity index is 538. The van der Waals surface area contributed by atoms with Gasteiger partial charge in [0.2, 0.25) is 0 Å². The van der Waals surface area contributed by atoms with E-state index in [9.17, 15) is 4.79 Å². The average molecular weight is 263 g/mol. The number of halogens is 1. The molecule has 1 amide bonds. The lowest BCUT2D eigenvalue weighted by atomic mass is 10.2. The number of carbonyl (C=O) groups excluding carboxylic acids is 1. The summed E-state index contributed by atoms with van der Waals surface area (Å²) in [6.07, 6.45) is 1.43. The van der Waals surface area contributed by atoms with Crippen molar-refractivity contribution in [1.29, 1.82) is 0 Å². The summed E-state index contributed by atoms with van der Waals surface area (Å²) < 4.78 is 0. The van der Waals surface area contributed by atoms with Gasteiger partial charge in [0.05, 0.1) is 17.9 Å². The van der Waals surface area contributed by atoms with Crippen molar-refractivity contribution in [3.05, 3.63) is 58.9 Å². The van der Waals surface area contributed by atoms with Crippen LogP contribution < -0.4 is 5.32 Å². The Morgan fingerprint density at radius 1 is 1.22 bits per heavy atom. The minimum atomic E-state index is -0.255. The van der Waals surface area contributed by atoms with Crippen LogP contribution in [0.5, 0.6) is 0 Å². The number of carbonyl (C=O) groups is 1. The van der Waals surface area contributed by atoms with Crippen LogP contribution in [0.3, 0.4) is 0 Å². The molecule has 1 aromatic carbocycles. The molecule has 0 aliphatic carbocycles. The van der Waals surface area contributed by atoms with Crippen molar-refractivity contribution in [3.8, 4) is 0 Å². The van der Waals surface area contributed by atoms with Gasteiger partial charge in [-0.25, -0.2) is 0 Å². The molecule has 5 heteroatoms. The highest BCUT2D eigenvalue weighted by Gasteiger charge is 2.06. The largest absolute Gasteiger partial charge is 0.390 e. The summed E-state index contributed by atoms with van der Waals surface area (Å²) in [5.41, 5.74) is 1.62. The molecule has 1 heterocycles. The summed E-state index contributed by atoms with van der Waals surface area (Å²) in [7, 11) is 0. The smallest absolute Gasteiger partial charge is 0.257 e. The molecule has 2 N–H and O–H groups in total. The van der Waals surface area contributed by atoms with E-state index < -0.39 is 0 Å². The van der Waals surface area contributed by atoms with Gasteiger partial charge in [0.15, 0.2) is 0 Å². The van der Waals surface area contributed by atoms with Crippen LogP contribution in [-0.4, -0.2) is 16.0 Å². The molecule has 0 spiro atoms. The first-order valence-electron chi connectivity index (χ1n) is 5.32. The van der Waals surface area contributed by atoms with Crippen molar-refractivity contribution in [2.24, 2.45) is 0 Å². The molecule has 0 unspecified atom stereocenters. The van der Waals surface area contributed by atoms with Gasteiger partial charge in [-0.05, 0) is 36.4 Å². The lowest BCUT2D eigenvalue weighted by molar-refractivity contribution is 0.102. The number of nitrogens with one attached hydrogen (secondary N) is 1. The topological polar surface area (TPSA) is 62.2 Å². The number of aliphatic hydroxyl groups excluding tert-OH is 1. The number of anilines is 1. The number of rotatable bonds is 3. The number of hydrogen-bond donors (Lipinski definition) is 2. The van der Waals surface area contributed by atoms with Gasteiger partial charge in [-0.3, -0.25) is 9.78 Å². The molecule has 0 saturated heterocycles. The van der Waals surface area contributed by atoms with E-state index in [1.807, 2.05) is 0 Å². The van der Waals surface area contributed by atoms with Crippen molar-refractivity contribution < 1.29 is 9.90 Å². The second kappa shape index (κ2) is 5.62. The van der Waals surface area contributed by atoms with Gasteiger partial charge in [-0.15, -0.1) is 0 Å². The van der Waals surface area contributed by atoms with Crippen LogP contribution in [0, 0.1) is 0 Å². The van der Waals surface area contributed by atoms with Crippen LogP contribution in [0.1, 0.15) is 16.1 Å². The number of benzene rings is 1. The predicted octanol–water partition coefficient (Wildman–Crippen LogP) is 2.48. The summed E-state index contributed by atoms with van der Waals surface area (Å²) in [6.45, 7) is -0.140. The van der Waals surface area contributed by atoms with Crippen molar-refractivity contribution in [2.45, 2.75) is 6.61 Å². The SMILES string of the molecule is O=C(Nc1ccc(Cl)cc1)c1ccc(CO)nc1. The molecular formula is C13H11ClN2O2. The first-order valence-corrected chi connectivity index (χ1v) is 5.69. The average Bonchev–Trinajstić information content (AvgIpc) is 2.41. The van der Waals surface area contributed by atoms with Gasteiger partial charge in [-0.1, -0.05) is 11.6 Å². The summed E-state index contributed by atoms with van der Waals surface area (Å²) in [6, 6.07) is 10.1. The third-order valence-electron chi connectivity index (χ3n) is 2.35. The van der Waals surface area contributed by atoms with Crippen molar-refractivity contribution >= 4 is 23.2 Å². The molecule has 0 aliphatic heterocycles. The number of nitrogens with zero attached hydrogens (tertiary/aromatic N) is 1. The highest BCUT2D eigenvalue weighted by Crippen LogP contribution is 2.14. The van der Waals surface area contributed by atoms with E-state index in [4.69, 9.17) is 16.7 Å². The fraction of sp³-hybridized carbons (Fsp3) is 0.0769. The quantitative estimate of drug-likeness (QED) is 0.893. The molecule has 1 aromatic heterocycles. The Morgan fingerprint density at radius 3 is 2.50 bits per heavy atom. The number of aromatic nitrogens is 1. The molecule has 2 aromatic rings. The van der Waals surface area contributed by atoms with Gasteiger partial charge in [0, 0.05) is 16.9 Å². The fourth-order valence-corrected chi connectivity index (χ4v) is 1.51. The van der Waals surface area contributed by atoms with E-state index in [2.05, 4.69) is 10.3 Å². The van der Waals surface area contributed by atoms with Gasteiger partial charge < -0.3 is 10.4 Å². The zero-order chi connectivity index (χ0) is 13.0. The number of hydrogen-bond acceptors (Lipinski definition) is 3. The molecule has 0 radical (unpaired) electrons. The zero-order valence-electron chi connectivity index (χ0n) is 9.43. The molecule has 0 atom stereocenters. The van der Waals surface area contributed by atoms with Crippen LogP contribution >= 0.6 is 11.6 Å². The van der Waals surface area contributed by atoms with Crippen molar-refractivity contribution in [3.63, 3.8) is 0 Å². The Balaban J connectivity index is 2.09. The highest BCUT2D eigenvalue weighted by atomic mass is 35.5. The van der Waals surface area contributed by atoms with Gasteiger partial charge in [0.25, 0.3) is 5.91 Å². The summed E-state index contributed by atoms with van der Waals surface area (Å²) >= 11 is 5.75. The lowest BCUT2D eigenvalue weighted by Gasteiger charge is -2.05. The van der Waals surface area contributed by atoms with E-state index in [0.717, 1.165) is 0 Å². The maximum absolute atomic E-state index is 11.9. The molecule has 0 bridgehead atoms. The second-order valence-corrected chi connectivity index (χ2v) is 4.09. The molecule has 92 valence electrons. The van der Waals surface area contributed by atoms with E-state index >= 15 is 0 Å². The summed E-state index contributed by atoms with van der Waals surface area (Å²) in [5, 5.41) is 12.2. The van der Waals surface area contributed by atoms with Crippen molar-refractivity contribution in [2.75, 3.05) is 5.32 Å². The summed E-state index contributed by atoms with van der Waals surface area (Å²) in [4.78, 5) is 15.8. The zero-order valence-corrected chi connectivity index (χ0v) is 10.2. The Hall–Kier alpha value is -1.91. The minimum Gasteiger partial charge on any atom is -0.390 e. The molecular weight excluding hydrogens is 252 g/mol. The summed E-state index contributed by atoms with van der Waals surface area (Å²) in [5.74, 6) is -0.255. The monoisotopic (exact) mass is 262 g/mol.